The highest BCUT2D eigenvalue weighted by molar-refractivity contribution is 6.01. The van der Waals surface area contributed by atoms with Crippen molar-refractivity contribution >= 4 is 11.6 Å². The summed E-state index contributed by atoms with van der Waals surface area (Å²) in [6.45, 7) is 5.53. The smallest absolute Gasteiger partial charge is 0.178 e. The van der Waals surface area contributed by atoms with Crippen molar-refractivity contribution < 1.29 is 24.2 Å². The predicted molar refractivity (Wildman–Crippen MR) is 98.4 cm³/mol. The summed E-state index contributed by atoms with van der Waals surface area (Å²) in [5, 5.41) is 20.6. The molecule has 3 fully saturated rings. The molecule has 148 valence electrons. The van der Waals surface area contributed by atoms with Gasteiger partial charge in [-0.2, -0.15) is 0 Å². The fourth-order valence-electron chi connectivity index (χ4n) is 7.49. The number of rotatable bonds is 2. The Hall–Kier alpha value is -1.33. The molecule has 0 spiro atoms. The molecule has 4 unspecified atom stereocenters. The van der Waals surface area contributed by atoms with E-state index in [2.05, 4.69) is 0 Å². The Morgan fingerprint density at radius 2 is 2.04 bits per heavy atom. The molecule has 4 aliphatic carbocycles. The quantitative estimate of drug-likeness (QED) is 0.777. The van der Waals surface area contributed by atoms with Crippen LogP contribution in [0.15, 0.2) is 23.8 Å². The maximum absolute atomic E-state index is 15.2. The number of aliphatic hydroxyl groups is 2. The van der Waals surface area contributed by atoms with E-state index in [-0.39, 0.29) is 47.6 Å². The number of Topliss-reactive ketones (excluding diaryl/α,β-unsaturated/α-hetero) is 1. The van der Waals surface area contributed by atoms with Crippen molar-refractivity contribution in [3.8, 4) is 0 Å². The molecular formula is C22H29FO4. The summed E-state index contributed by atoms with van der Waals surface area (Å²) in [6, 6.07) is 0. The first-order valence-corrected chi connectivity index (χ1v) is 10.0. The van der Waals surface area contributed by atoms with E-state index >= 15 is 4.39 Å². The summed E-state index contributed by atoms with van der Waals surface area (Å²) < 4.78 is 15.2. The summed E-state index contributed by atoms with van der Waals surface area (Å²) in [5.74, 6) is -0.626. The number of aliphatic hydroxyl groups excluding tert-OH is 2. The number of halogens is 1. The molecule has 2 N–H and O–H groups in total. The standard InChI is InChI=1S/C22H29FO4/c1-11-6-14-13-8-16(23)15-7-12(25)4-5-21(15,2)20(13)17(26)9-22(14,3)19(11)18(27)10-24/h4-5,7,11,13-14,16-17,19-20,24,26H,6,8-10H2,1-3H3/t11-,13?,14?,16+,17+,19?,20?,21+,22+/m1/s1. The van der Waals surface area contributed by atoms with Gasteiger partial charge in [0.25, 0.3) is 0 Å². The topological polar surface area (TPSA) is 74.6 Å². The van der Waals surface area contributed by atoms with E-state index in [1.807, 2.05) is 20.8 Å². The van der Waals surface area contributed by atoms with Crippen LogP contribution in [0.2, 0.25) is 0 Å². The summed E-state index contributed by atoms with van der Waals surface area (Å²) >= 11 is 0. The van der Waals surface area contributed by atoms with Crippen LogP contribution in [0.1, 0.15) is 40.0 Å². The highest BCUT2D eigenvalue weighted by Crippen LogP contribution is 2.67. The maximum atomic E-state index is 15.2. The first-order chi connectivity index (χ1) is 12.6. The Kier molecular flexibility index (Phi) is 4.28. The lowest BCUT2D eigenvalue weighted by Crippen LogP contribution is -2.58. The van der Waals surface area contributed by atoms with Gasteiger partial charge in [0.15, 0.2) is 11.6 Å². The van der Waals surface area contributed by atoms with E-state index in [1.54, 1.807) is 6.08 Å². The second-order valence-corrected chi connectivity index (χ2v) is 9.71. The Labute approximate surface area is 159 Å². The monoisotopic (exact) mass is 376 g/mol. The SMILES string of the molecule is C[C@@H]1CC2C3C[C@H](F)C4=CC(=O)C=C[C@]4(C)C3[C@@H](O)C[C@]2(C)C1C(=O)CO. The molecule has 3 saturated carbocycles. The summed E-state index contributed by atoms with van der Waals surface area (Å²) in [5.41, 5.74) is -0.599. The van der Waals surface area contributed by atoms with Crippen molar-refractivity contribution in [2.75, 3.05) is 6.61 Å². The van der Waals surface area contributed by atoms with Crippen LogP contribution in [0.5, 0.6) is 0 Å². The number of alkyl halides is 1. The third-order valence-corrected chi connectivity index (χ3v) is 8.32. The van der Waals surface area contributed by atoms with Gasteiger partial charge in [0.05, 0.1) is 6.10 Å². The first kappa shape index (κ1) is 19.0. The number of hydrogen-bond acceptors (Lipinski definition) is 4. The van der Waals surface area contributed by atoms with Crippen LogP contribution >= 0.6 is 0 Å². The molecule has 0 radical (unpaired) electrons. The van der Waals surface area contributed by atoms with E-state index in [0.717, 1.165) is 6.42 Å². The van der Waals surface area contributed by atoms with Gasteiger partial charge >= 0.3 is 0 Å². The maximum Gasteiger partial charge on any atom is 0.178 e. The Bertz CT molecular complexity index is 743. The fourth-order valence-corrected chi connectivity index (χ4v) is 7.49. The number of allylic oxidation sites excluding steroid dienone is 4. The van der Waals surface area contributed by atoms with Crippen LogP contribution in [-0.2, 0) is 9.59 Å². The number of ketones is 2. The van der Waals surface area contributed by atoms with E-state index in [1.165, 1.54) is 12.2 Å². The molecule has 27 heavy (non-hydrogen) atoms. The van der Waals surface area contributed by atoms with Gasteiger partial charge in [-0.3, -0.25) is 9.59 Å². The molecule has 9 atom stereocenters. The molecule has 4 rings (SSSR count). The van der Waals surface area contributed by atoms with E-state index < -0.39 is 29.7 Å². The lowest BCUT2D eigenvalue weighted by atomic mass is 9.46. The van der Waals surface area contributed by atoms with Crippen molar-refractivity contribution in [2.24, 2.45) is 40.4 Å². The van der Waals surface area contributed by atoms with E-state index in [0.29, 0.717) is 12.0 Å². The second-order valence-electron chi connectivity index (χ2n) is 9.71. The molecule has 0 bridgehead atoms. The fraction of sp³-hybridized carbons (Fsp3) is 0.727. The first-order valence-electron chi connectivity index (χ1n) is 10.0. The molecular weight excluding hydrogens is 347 g/mol. The molecule has 0 aromatic carbocycles. The van der Waals surface area contributed by atoms with Gasteiger partial charge < -0.3 is 10.2 Å². The van der Waals surface area contributed by atoms with Crippen molar-refractivity contribution in [2.45, 2.75) is 52.3 Å². The Morgan fingerprint density at radius 3 is 2.70 bits per heavy atom. The Morgan fingerprint density at radius 1 is 1.33 bits per heavy atom. The molecule has 0 aromatic rings. The zero-order valence-corrected chi connectivity index (χ0v) is 16.2. The molecule has 4 nitrogen and oxygen atoms in total. The van der Waals surface area contributed by atoms with Crippen molar-refractivity contribution in [3.63, 3.8) is 0 Å². The minimum atomic E-state index is -1.21. The third-order valence-electron chi connectivity index (χ3n) is 8.32. The van der Waals surface area contributed by atoms with Crippen molar-refractivity contribution in [1.29, 1.82) is 0 Å². The zero-order chi connectivity index (χ0) is 19.7. The molecule has 4 aliphatic rings. The van der Waals surface area contributed by atoms with Crippen molar-refractivity contribution in [1.82, 2.24) is 0 Å². The van der Waals surface area contributed by atoms with E-state index in [4.69, 9.17) is 0 Å². The highest BCUT2D eigenvalue weighted by atomic mass is 19.1. The largest absolute Gasteiger partial charge is 0.393 e. The van der Waals surface area contributed by atoms with Crippen LogP contribution in [0, 0.1) is 40.4 Å². The Balaban J connectivity index is 1.77. The summed E-state index contributed by atoms with van der Waals surface area (Å²) in [6.07, 6.45) is 4.39. The molecule has 0 aromatic heterocycles. The van der Waals surface area contributed by atoms with Gasteiger partial charge in [-0.25, -0.2) is 4.39 Å². The van der Waals surface area contributed by atoms with Crippen LogP contribution in [0.3, 0.4) is 0 Å². The van der Waals surface area contributed by atoms with Crippen LogP contribution in [0.25, 0.3) is 0 Å². The van der Waals surface area contributed by atoms with Gasteiger partial charge in [-0.1, -0.05) is 26.8 Å². The molecule has 0 aliphatic heterocycles. The van der Waals surface area contributed by atoms with Gasteiger partial charge in [-0.05, 0) is 60.2 Å². The minimum absolute atomic E-state index is 0.0484. The molecule has 0 heterocycles. The average Bonchev–Trinajstić information content (AvgIpc) is 2.85. The van der Waals surface area contributed by atoms with Gasteiger partial charge in [0, 0.05) is 17.3 Å². The average molecular weight is 376 g/mol. The van der Waals surface area contributed by atoms with Gasteiger partial charge in [0.2, 0.25) is 0 Å². The highest BCUT2D eigenvalue weighted by Gasteiger charge is 2.65. The summed E-state index contributed by atoms with van der Waals surface area (Å²) in [4.78, 5) is 24.3. The lowest BCUT2D eigenvalue weighted by Gasteiger charge is -2.59. The molecule has 5 heteroatoms. The van der Waals surface area contributed by atoms with Crippen LogP contribution in [0.4, 0.5) is 4.39 Å². The second kappa shape index (κ2) is 6.08. The number of carbonyl (C=O) groups is 2. The normalized spacial score (nSPS) is 51.3. The van der Waals surface area contributed by atoms with Gasteiger partial charge in [0.1, 0.15) is 12.8 Å². The number of carbonyl (C=O) groups excluding carboxylic acids is 2. The minimum Gasteiger partial charge on any atom is -0.393 e. The van der Waals surface area contributed by atoms with Gasteiger partial charge in [-0.15, -0.1) is 0 Å². The summed E-state index contributed by atoms with van der Waals surface area (Å²) in [7, 11) is 0. The number of hydrogen-bond donors (Lipinski definition) is 2. The predicted octanol–water partition coefficient (Wildman–Crippen LogP) is 2.64. The number of fused-ring (bicyclic) bond motifs is 5. The van der Waals surface area contributed by atoms with Crippen LogP contribution < -0.4 is 0 Å². The lowest BCUT2D eigenvalue weighted by molar-refractivity contribution is -0.144. The van der Waals surface area contributed by atoms with Crippen LogP contribution in [-0.4, -0.2) is 40.7 Å². The van der Waals surface area contributed by atoms with Crippen molar-refractivity contribution in [3.05, 3.63) is 23.8 Å². The zero-order valence-electron chi connectivity index (χ0n) is 16.2. The molecule has 0 amide bonds. The van der Waals surface area contributed by atoms with E-state index in [9.17, 15) is 19.8 Å². The third kappa shape index (κ3) is 2.47. The molecule has 0 saturated heterocycles.